The number of rotatable bonds is 21. The first-order valence-electron chi connectivity index (χ1n) is 12.5. The zero-order valence-corrected chi connectivity index (χ0v) is 18.9. The van der Waals surface area contributed by atoms with Crippen LogP contribution in [0.5, 0.6) is 0 Å². The van der Waals surface area contributed by atoms with Crippen molar-refractivity contribution < 1.29 is 0 Å². The van der Waals surface area contributed by atoms with Crippen LogP contribution in [0.15, 0.2) is 12.2 Å². The average Bonchev–Trinajstić information content (AvgIpc) is 2.65. The SMILES string of the molecule is C/C=C/CCCC(CCC)CCCCCCCCCCCCCCCC. The van der Waals surface area contributed by atoms with E-state index < -0.39 is 0 Å². The largest absolute Gasteiger partial charge is 0.0917 e. The Morgan fingerprint density at radius 2 is 0.962 bits per heavy atom. The topological polar surface area (TPSA) is 0 Å². The van der Waals surface area contributed by atoms with E-state index in [1.807, 2.05) is 0 Å². The van der Waals surface area contributed by atoms with Gasteiger partial charge in [-0.1, -0.05) is 142 Å². The van der Waals surface area contributed by atoms with Crippen molar-refractivity contribution in [2.75, 3.05) is 0 Å². The summed E-state index contributed by atoms with van der Waals surface area (Å²) in [5.74, 6) is 1.00. The molecule has 0 radical (unpaired) electrons. The smallest absolute Gasteiger partial charge is 0.0351 e. The van der Waals surface area contributed by atoms with E-state index in [-0.39, 0.29) is 0 Å². The molecule has 1 atom stereocenters. The van der Waals surface area contributed by atoms with E-state index in [4.69, 9.17) is 0 Å². The van der Waals surface area contributed by atoms with Gasteiger partial charge in [-0.2, -0.15) is 0 Å². The third-order valence-corrected chi connectivity index (χ3v) is 5.88. The first-order chi connectivity index (χ1) is 12.8. The zero-order valence-electron chi connectivity index (χ0n) is 18.9. The highest BCUT2D eigenvalue weighted by Crippen LogP contribution is 2.22. The Balaban J connectivity index is 3.31. The van der Waals surface area contributed by atoms with Gasteiger partial charge in [-0.05, 0) is 25.7 Å². The van der Waals surface area contributed by atoms with Gasteiger partial charge in [0.25, 0.3) is 0 Å². The van der Waals surface area contributed by atoms with Crippen LogP contribution >= 0.6 is 0 Å². The Morgan fingerprint density at radius 3 is 1.42 bits per heavy atom. The minimum absolute atomic E-state index is 1.00. The average molecular weight is 365 g/mol. The van der Waals surface area contributed by atoms with Crippen molar-refractivity contribution in [2.45, 2.75) is 149 Å². The molecule has 0 aliphatic heterocycles. The van der Waals surface area contributed by atoms with Crippen molar-refractivity contribution in [3.8, 4) is 0 Å². The Bertz CT molecular complexity index is 265. The summed E-state index contributed by atoms with van der Waals surface area (Å²) >= 11 is 0. The molecule has 0 amide bonds. The van der Waals surface area contributed by atoms with Crippen molar-refractivity contribution in [3.05, 3.63) is 12.2 Å². The number of hydrogen-bond donors (Lipinski definition) is 0. The highest BCUT2D eigenvalue weighted by Gasteiger charge is 2.06. The van der Waals surface area contributed by atoms with Crippen LogP contribution in [0, 0.1) is 5.92 Å². The minimum Gasteiger partial charge on any atom is -0.0917 e. The minimum atomic E-state index is 1.00. The molecule has 0 saturated heterocycles. The van der Waals surface area contributed by atoms with Gasteiger partial charge in [0.15, 0.2) is 0 Å². The van der Waals surface area contributed by atoms with Gasteiger partial charge >= 0.3 is 0 Å². The fraction of sp³-hybridized carbons (Fsp3) is 0.923. The predicted molar refractivity (Wildman–Crippen MR) is 122 cm³/mol. The summed E-state index contributed by atoms with van der Waals surface area (Å²) in [6.07, 6.45) is 33.5. The second-order valence-electron chi connectivity index (χ2n) is 8.54. The lowest BCUT2D eigenvalue weighted by atomic mass is 9.91. The molecule has 0 nitrogen and oxygen atoms in total. The van der Waals surface area contributed by atoms with Crippen molar-refractivity contribution in [1.82, 2.24) is 0 Å². The van der Waals surface area contributed by atoms with Crippen LogP contribution in [0.2, 0.25) is 0 Å². The van der Waals surface area contributed by atoms with E-state index >= 15 is 0 Å². The van der Waals surface area contributed by atoms with Crippen LogP contribution in [-0.4, -0.2) is 0 Å². The first kappa shape index (κ1) is 25.7. The summed E-state index contributed by atoms with van der Waals surface area (Å²) in [5.41, 5.74) is 0. The second-order valence-corrected chi connectivity index (χ2v) is 8.54. The summed E-state index contributed by atoms with van der Waals surface area (Å²) in [5, 5.41) is 0. The fourth-order valence-corrected chi connectivity index (χ4v) is 4.16. The lowest BCUT2D eigenvalue weighted by Crippen LogP contribution is -2.00. The number of hydrogen-bond acceptors (Lipinski definition) is 0. The molecule has 0 fully saturated rings. The molecule has 0 bridgehead atoms. The Labute approximate surface area is 167 Å². The van der Waals surface area contributed by atoms with E-state index in [1.54, 1.807) is 0 Å². The molecule has 0 aliphatic carbocycles. The van der Waals surface area contributed by atoms with Gasteiger partial charge in [0.2, 0.25) is 0 Å². The summed E-state index contributed by atoms with van der Waals surface area (Å²) < 4.78 is 0. The molecule has 0 aromatic carbocycles. The molecule has 156 valence electrons. The summed E-state index contributed by atoms with van der Waals surface area (Å²) in [6.45, 7) is 6.79. The molecule has 26 heavy (non-hydrogen) atoms. The fourth-order valence-electron chi connectivity index (χ4n) is 4.16. The van der Waals surface area contributed by atoms with Crippen LogP contribution in [0.3, 0.4) is 0 Å². The van der Waals surface area contributed by atoms with E-state index in [0.717, 1.165) is 5.92 Å². The third kappa shape index (κ3) is 20.1. The molecule has 0 heteroatoms. The molecule has 0 N–H and O–H groups in total. The molecule has 0 aromatic heterocycles. The van der Waals surface area contributed by atoms with Crippen LogP contribution in [0.1, 0.15) is 149 Å². The second kappa shape index (κ2) is 22.8. The summed E-state index contributed by atoms with van der Waals surface area (Å²) in [6, 6.07) is 0. The molecule has 0 rings (SSSR count). The Kier molecular flexibility index (Phi) is 22.6. The third-order valence-electron chi connectivity index (χ3n) is 5.88. The Hall–Kier alpha value is -0.260. The van der Waals surface area contributed by atoms with Gasteiger partial charge < -0.3 is 0 Å². The normalized spacial score (nSPS) is 12.9. The van der Waals surface area contributed by atoms with Crippen molar-refractivity contribution in [1.29, 1.82) is 0 Å². The van der Waals surface area contributed by atoms with Gasteiger partial charge in [-0.25, -0.2) is 0 Å². The molecule has 0 heterocycles. The van der Waals surface area contributed by atoms with E-state index in [2.05, 4.69) is 32.9 Å². The highest BCUT2D eigenvalue weighted by molar-refractivity contribution is 4.76. The van der Waals surface area contributed by atoms with Crippen LogP contribution in [-0.2, 0) is 0 Å². The van der Waals surface area contributed by atoms with Gasteiger partial charge in [-0.15, -0.1) is 0 Å². The maximum atomic E-state index is 2.35. The quantitative estimate of drug-likeness (QED) is 0.140. The molecule has 0 aromatic rings. The molecule has 1 unspecified atom stereocenters. The molecule has 0 aliphatic rings. The maximum Gasteiger partial charge on any atom is -0.0351 e. The van der Waals surface area contributed by atoms with Gasteiger partial charge in [0, 0.05) is 0 Å². The van der Waals surface area contributed by atoms with Crippen molar-refractivity contribution in [3.63, 3.8) is 0 Å². The molecule has 0 saturated carbocycles. The van der Waals surface area contributed by atoms with Crippen molar-refractivity contribution in [2.24, 2.45) is 5.92 Å². The molecule has 0 spiro atoms. The zero-order chi connectivity index (χ0) is 19.1. The summed E-state index contributed by atoms with van der Waals surface area (Å²) in [7, 11) is 0. The van der Waals surface area contributed by atoms with E-state index in [0.29, 0.717) is 0 Å². The van der Waals surface area contributed by atoms with Crippen LogP contribution < -0.4 is 0 Å². The number of allylic oxidation sites excluding steroid dienone is 2. The van der Waals surface area contributed by atoms with Crippen LogP contribution in [0.25, 0.3) is 0 Å². The van der Waals surface area contributed by atoms with E-state index in [9.17, 15) is 0 Å². The highest BCUT2D eigenvalue weighted by atomic mass is 14.1. The van der Waals surface area contributed by atoms with E-state index in [1.165, 1.54) is 128 Å². The standard InChI is InChI=1S/C26H52/c1-4-7-9-11-12-13-14-15-16-17-18-19-20-22-25-26(23-6-3)24-21-10-8-5-2/h5,8,26H,4,6-7,9-25H2,1-3H3/b8-5+. The van der Waals surface area contributed by atoms with Gasteiger partial charge in [0.05, 0.1) is 0 Å². The first-order valence-corrected chi connectivity index (χ1v) is 12.5. The van der Waals surface area contributed by atoms with Crippen molar-refractivity contribution >= 4 is 0 Å². The maximum absolute atomic E-state index is 2.35. The molecular weight excluding hydrogens is 312 g/mol. The molecular formula is C26H52. The lowest BCUT2D eigenvalue weighted by molar-refractivity contribution is 0.385. The summed E-state index contributed by atoms with van der Waals surface area (Å²) in [4.78, 5) is 0. The monoisotopic (exact) mass is 364 g/mol. The Morgan fingerprint density at radius 1 is 0.500 bits per heavy atom. The van der Waals surface area contributed by atoms with Crippen LogP contribution in [0.4, 0.5) is 0 Å². The van der Waals surface area contributed by atoms with Gasteiger partial charge in [0.1, 0.15) is 0 Å². The number of unbranched alkanes of at least 4 members (excludes halogenated alkanes) is 14. The van der Waals surface area contributed by atoms with Gasteiger partial charge in [-0.3, -0.25) is 0 Å². The lowest BCUT2D eigenvalue weighted by Gasteiger charge is -2.15. The predicted octanol–water partition coefficient (Wildman–Crippen LogP) is 10.0.